The Hall–Kier alpha value is -1.66. The van der Waals surface area contributed by atoms with Crippen LogP contribution >= 0.6 is 27.5 Å². The van der Waals surface area contributed by atoms with Gasteiger partial charge < -0.3 is 9.72 Å². The lowest BCUT2D eigenvalue weighted by Crippen LogP contribution is -1.99. The van der Waals surface area contributed by atoms with Crippen molar-refractivity contribution in [3.05, 3.63) is 52.2 Å². The summed E-state index contributed by atoms with van der Waals surface area (Å²) in [7, 11) is 0. The Morgan fingerprint density at radius 2 is 2.21 bits per heavy atom. The summed E-state index contributed by atoms with van der Waals surface area (Å²) in [5.41, 5.74) is 1.07. The highest BCUT2D eigenvalue weighted by atomic mass is 79.9. The van der Waals surface area contributed by atoms with E-state index in [1.165, 1.54) is 18.2 Å². The van der Waals surface area contributed by atoms with E-state index in [0.717, 1.165) is 0 Å². The number of aromatic nitrogens is 3. The molecule has 0 saturated heterocycles. The second kappa shape index (κ2) is 4.79. The summed E-state index contributed by atoms with van der Waals surface area (Å²) in [5, 5.41) is 3.40. The minimum Gasteiger partial charge on any atom is -0.336 e. The summed E-state index contributed by atoms with van der Waals surface area (Å²) in [4.78, 5) is 8.47. The molecule has 0 fully saturated rings. The lowest BCUT2D eigenvalue weighted by atomic mass is 10.3. The summed E-state index contributed by atoms with van der Waals surface area (Å²) in [6.45, 7) is 0. The van der Waals surface area contributed by atoms with Crippen molar-refractivity contribution < 1.29 is 4.39 Å². The highest BCUT2D eigenvalue weighted by Crippen LogP contribution is 2.27. The van der Waals surface area contributed by atoms with Crippen LogP contribution in [0.4, 0.5) is 15.9 Å². The molecule has 2 aromatic heterocycles. The molecule has 19 heavy (non-hydrogen) atoms. The first-order valence-corrected chi connectivity index (χ1v) is 6.52. The maximum absolute atomic E-state index is 13.2. The first kappa shape index (κ1) is 12.4. The molecule has 0 aliphatic heterocycles. The fraction of sp³-hybridized carbons (Fsp3) is 0. The van der Waals surface area contributed by atoms with E-state index in [1.54, 1.807) is 23.0 Å². The van der Waals surface area contributed by atoms with Gasteiger partial charge in [0.15, 0.2) is 11.5 Å². The van der Waals surface area contributed by atoms with Gasteiger partial charge in [0, 0.05) is 18.6 Å². The van der Waals surface area contributed by atoms with Gasteiger partial charge in [0.1, 0.15) is 10.4 Å². The van der Waals surface area contributed by atoms with Gasteiger partial charge in [-0.3, -0.25) is 0 Å². The number of halogens is 3. The van der Waals surface area contributed by atoms with Gasteiger partial charge in [-0.15, -0.1) is 0 Å². The standard InChI is InChI=1S/C12H7BrClFN4/c13-10-6-19-4-3-16-12(19)11(18-10)17-9-5-7(15)1-2-8(9)14/h1-6H,(H,17,18). The van der Waals surface area contributed by atoms with Crippen LogP contribution in [-0.2, 0) is 0 Å². The van der Waals surface area contributed by atoms with E-state index in [2.05, 4.69) is 31.2 Å². The minimum atomic E-state index is -0.374. The minimum absolute atomic E-state index is 0.374. The van der Waals surface area contributed by atoms with Crippen LogP contribution in [0.15, 0.2) is 41.4 Å². The Labute approximate surface area is 121 Å². The van der Waals surface area contributed by atoms with Crippen molar-refractivity contribution in [1.29, 1.82) is 0 Å². The topological polar surface area (TPSA) is 42.2 Å². The average molecular weight is 342 g/mol. The Kier molecular flexibility index (Phi) is 3.12. The summed E-state index contributed by atoms with van der Waals surface area (Å²) in [6.07, 6.45) is 5.22. The molecule has 4 nitrogen and oxygen atoms in total. The van der Waals surface area contributed by atoms with Crippen LogP contribution in [0.2, 0.25) is 5.02 Å². The second-order valence-corrected chi connectivity index (χ2v) is 5.04. The molecule has 2 heterocycles. The summed E-state index contributed by atoms with van der Waals surface area (Å²) in [6, 6.07) is 4.09. The van der Waals surface area contributed by atoms with E-state index >= 15 is 0 Å². The fourth-order valence-electron chi connectivity index (χ4n) is 1.71. The van der Waals surface area contributed by atoms with Crippen molar-refractivity contribution in [2.45, 2.75) is 0 Å². The molecule has 0 spiro atoms. The smallest absolute Gasteiger partial charge is 0.180 e. The van der Waals surface area contributed by atoms with Crippen LogP contribution in [0.3, 0.4) is 0 Å². The first-order chi connectivity index (χ1) is 9.13. The Morgan fingerprint density at radius 3 is 3.05 bits per heavy atom. The van der Waals surface area contributed by atoms with Crippen LogP contribution in [0.25, 0.3) is 5.65 Å². The lowest BCUT2D eigenvalue weighted by molar-refractivity contribution is 0.628. The van der Waals surface area contributed by atoms with Crippen molar-refractivity contribution in [3.63, 3.8) is 0 Å². The number of rotatable bonds is 2. The van der Waals surface area contributed by atoms with Crippen molar-refractivity contribution in [2.24, 2.45) is 0 Å². The fourth-order valence-corrected chi connectivity index (χ4v) is 2.27. The predicted molar refractivity (Wildman–Crippen MR) is 75.4 cm³/mol. The van der Waals surface area contributed by atoms with Gasteiger partial charge in [-0.2, -0.15) is 0 Å². The zero-order valence-electron chi connectivity index (χ0n) is 9.44. The zero-order chi connectivity index (χ0) is 13.4. The van der Waals surface area contributed by atoms with E-state index in [-0.39, 0.29) is 5.82 Å². The van der Waals surface area contributed by atoms with Gasteiger partial charge in [0.2, 0.25) is 0 Å². The van der Waals surface area contributed by atoms with Crippen LogP contribution in [-0.4, -0.2) is 14.4 Å². The van der Waals surface area contributed by atoms with Crippen LogP contribution < -0.4 is 5.32 Å². The van der Waals surface area contributed by atoms with Gasteiger partial charge in [-0.25, -0.2) is 14.4 Å². The molecule has 3 rings (SSSR count). The molecule has 0 saturated carbocycles. The van der Waals surface area contributed by atoms with Crippen molar-refractivity contribution in [1.82, 2.24) is 14.4 Å². The van der Waals surface area contributed by atoms with E-state index in [1.807, 2.05) is 0 Å². The molecular weight excluding hydrogens is 335 g/mol. The number of fused-ring (bicyclic) bond motifs is 1. The van der Waals surface area contributed by atoms with Gasteiger partial charge in [0.05, 0.1) is 10.7 Å². The lowest BCUT2D eigenvalue weighted by Gasteiger charge is -2.09. The van der Waals surface area contributed by atoms with Gasteiger partial charge >= 0.3 is 0 Å². The van der Waals surface area contributed by atoms with Gasteiger partial charge in [0.25, 0.3) is 0 Å². The third-order valence-corrected chi connectivity index (χ3v) is 3.24. The number of benzene rings is 1. The predicted octanol–water partition coefficient (Wildman–Crippen LogP) is 4.03. The molecular formula is C12H7BrClFN4. The molecule has 1 N–H and O–H groups in total. The molecule has 0 radical (unpaired) electrons. The van der Waals surface area contributed by atoms with E-state index in [9.17, 15) is 4.39 Å². The summed E-state index contributed by atoms with van der Waals surface area (Å²) < 4.78 is 15.7. The second-order valence-electron chi connectivity index (χ2n) is 3.82. The van der Waals surface area contributed by atoms with E-state index < -0.39 is 0 Å². The van der Waals surface area contributed by atoms with Gasteiger partial charge in [-0.1, -0.05) is 11.6 Å². The monoisotopic (exact) mass is 340 g/mol. The number of nitrogens with zero attached hydrogens (tertiary/aromatic N) is 3. The molecule has 0 unspecified atom stereocenters. The number of hydrogen-bond donors (Lipinski definition) is 1. The average Bonchev–Trinajstić information content (AvgIpc) is 2.82. The number of nitrogens with one attached hydrogen (secondary N) is 1. The van der Waals surface area contributed by atoms with E-state index in [4.69, 9.17) is 11.6 Å². The van der Waals surface area contributed by atoms with Crippen molar-refractivity contribution in [3.8, 4) is 0 Å². The maximum Gasteiger partial charge on any atom is 0.180 e. The molecule has 0 aliphatic rings. The highest BCUT2D eigenvalue weighted by Gasteiger charge is 2.09. The highest BCUT2D eigenvalue weighted by molar-refractivity contribution is 9.10. The van der Waals surface area contributed by atoms with Crippen LogP contribution in [0.1, 0.15) is 0 Å². The maximum atomic E-state index is 13.2. The molecule has 1 aromatic carbocycles. The van der Waals surface area contributed by atoms with Crippen molar-refractivity contribution >= 4 is 44.7 Å². The molecule has 3 aromatic rings. The number of anilines is 2. The SMILES string of the molecule is Fc1ccc(Cl)c(Nc2nc(Br)cn3ccnc23)c1. The summed E-state index contributed by atoms with van der Waals surface area (Å²) >= 11 is 9.32. The van der Waals surface area contributed by atoms with Crippen LogP contribution in [0.5, 0.6) is 0 Å². The summed E-state index contributed by atoms with van der Waals surface area (Å²) in [5.74, 6) is 0.119. The molecule has 0 bridgehead atoms. The number of imidazole rings is 1. The van der Waals surface area contributed by atoms with Crippen molar-refractivity contribution in [2.75, 3.05) is 5.32 Å². The Morgan fingerprint density at radius 1 is 1.37 bits per heavy atom. The Balaban J connectivity index is 2.10. The molecule has 7 heteroatoms. The Bertz CT molecular complexity index is 759. The molecule has 96 valence electrons. The molecule has 0 amide bonds. The van der Waals surface area contributed by atoms with E-state index in [0.29, 0.717) is 26.8 Å². The third-order valence-electron chi connectivity index (χ3n) is 2.53. The largest absolute Gasteiger partial charge is 0.336 e. The van der Waals surface area contributed by atoms with Crippen LogP contribution in [0, 0.1) is 5.82 Å². The quantitative estimate of drug-likeness (QED) is 0.765. The normalized spacial score (nSPS) is 10.9. The molecule has 0 aliphatic carbocycles. The number of hydrogen-bond acceptors (Lipinski definition) is 3. The molecule has 0 atom stereocenters. The zero-order valence-corrected chi connectivity index (χ0v) is 11.8. The third kappa shape index (κ3) is 2.41. The van der Waals surface area contributed by atoms with Gasteiger partial charge in [-0.05, 0) is 34.1 Å². The first-order valence-electron chi connectivity index (χ1n) is 5.35.